The maximum atomic E-state index is 12.5. The second-order valence-corrected chi connectivity index (χ2v) is 7.42. The van der Waals surface area contributed by atoms with Crippen LogP contribution in [0.5, 0.6) is 5.75 Å². The zero-order valence-electron chi connectivity index (χ0n) is 14.4. The van der Waals surface area contributed by atoms with Gasteiger partial charge in [0.15, 0.2) is 6.10 Å². The molecule has 0 aliphatic heterocycles. The van der Waals surface area contributed by atoms with Crippen molar-refractivity contribution in [3.8, 4) is 5.75 Å². The van der Waals surface area contributed by atoms with Crippen LogP contribution < -0.4 is 10.1 Å². The lowest BCUT2D eigenvalue weighted by atomic mass is 10.0. The van der Waals surface area contributed by atoms with E-state index in [4.69, 9.17) is 27.9 Å². The van der Waals surface area contributed by atoms with Gasteiger partial charge in [0, 0.05) is 16.6 Å². The quantitative estimate of drug-likeness (QED) is 0.374. The molecule has 8 heteroatoms. The van der Waals surface area contributed by atoms with E-state index in [0.29, 0.717) is 26.7 Å². The van der Waals surface area contributed by atoms with Crippen LogP contribution in [0.2, 0.25) is 10.0 Å². The van der Waals surface area contributed by atoms with E-state index in [9.17, 15) is 9.59 Å². The van der Waals surface area contributed by atoms with Gasteiger partial charge in [-0.3, -0.25) is 4.79 Å². The standard InChI is InChI=1S/C17H20BrCl2NO4/c1-5-13(25-10-8-11(18)15(20)12(19)9-10)16(23)21-17(2,3)7-6-14(22)24-4/h6-9,13H,5H2,1-4H3,(H,21,23)/b7-6+/t13-/m1/s1. The smallest absolute Gasteiger partial charge is 0.330 e. The molecule has 138 valence electrons. The van der Waals surface area contributed by atoms with E-state index in [2.05, 4.69) is 26.0 Å². The fourth-order valence-electron chi connectivity index (χ4n) is 1.87. The summed E-state index contributed by atoms with van der Waals surface area (Å²) in [6.45, 7) is 5.34. The zero-order chi connectivity index (χ0) is 19.2. The molecule has 5 nitrogen and oxygen atoms in total. The largest absolute Gasteiger partial charge is 0.481 e. The molecule has 1 atom stereocenters. The molecule has 0 heterocycles. The summed E-state index contributed by atoms with van der Waals surface area (Å²) in [6.07, 6.45) is 2.53. The Labute approximate surface area is 165 Å². The zero-order valence-corrected chi connectivity index (χ0v) is 17.5. The van der Waals surface area contributed by atoms with E-state index in [1.54, 1.807) is 32.1 Å². The van der Waals surface area contributed by atoms with Gasteiger partial charge in [-0.05, 0) is 42.3 Å². The van der Waals surface area contributed by atoms with Crippen LogP contribution in [-0.4, -0.2) is 30.6 Å². The SMILES string of the molecule is CC[C@@H](Oc1cc(Cl)c(Cl)c(Br)c1)C(=O)NC(C)(C)/C=C/C(=O)OC. The Morgan fingerprint density at radius 1 is 1.36 bits per heavy atom. The number of methoxy groups -OCH3 is 1. The molecule has 1 aromatic rings. The number of nitrogens with one attached hydrogen (secondary N) is 1. The van der Waals surface area contributed by atoms with Crippen LogP contribution in [0, 0.1) is 0 Å². The molecule has 1 amide bonds. The molecule has 1 N–H and O–H groups in total. The number of hydrogen-bond donors (Lipinski definition) is 1. The molecular formula is C17H20BrCl2NO4. The first-order valence-corrected chi connectivity index (χ1v) is 9.05. The van der Waals surface area contributed by atoms with Gasteiger partial charge in [-0.15, -0.1) is 0 Å². The number of esters is 1. The van der Waals surface area contributed by atoms with Crippen LogP contribution in [0.1, 0.15) is 27.2 Å². The minimum absolute atomic E-state index is 0.316. The highest BCUT2D eigenvalue weighted by molar-refractivity contribution is 9.10. The molecule has 1 rings (SSSR count). The number of rotatable bonds is 7. The van der Waals surface area contributed by atoms with Gasteiger partial charge >= 0.3 is 5.97 Å². The lowest BCUT2D eigenvalue weighted by Crippen LogP contribution is -2.48. The Bertz CT molecular complexity index is 654. The summed E-state index contributed by atoms with van der Waals surface area (Å²) in [7, 11) is 1.29. The van der Waals surface area contributed by atoms with Gasteiger partial charge in [0.2, 0.25) is 0 Å². The van der Waals surface area contributed by atoms with E-state index in [-0.39, 0.29) is 5.91 Å². The average Bonchev–Trinajstić information content (AvgIpc) is 2.54. The van der Waals surface area contributed by atoms with Gasteiger partial charge in [0.1, 0.15) is 5.75 Å². The Kier molecular flexibility index (Phi) is 8.25. The third-order valence-electron chi connectivity index (χ3n) is 3.18. The topological polar surface area (TPSA) is 64.6 Å². The Morgan fingerprint density at radius 3 is 2.52 bits per heavy atom. The van der Waals surface area contributed by atoms with E-state index >= 15 is 0 Å². The van der Waals surface area contributed by atoms with Gasteiger partial charge in [-0.25, -0.2) is 4.79 Å². The molecule has 0 unspecified atom stereocenters. The van der Waals surface area contributed by atoms with Crippen molar-refractivity contribution in [2.75, 3.05) is 7.11 Å². The second-order valence-electron chi connectivity index (χ2n) is 5.78. The van der Waals surface area contributed by atoms with Crippen LogP contribution in [0.3, 0.4) is 0 Å². The van der Waals surface area contributed by atoms with Gasteiger partial charge in [0.05, 0.1) is 22.7 Å². The fourth-order valence-corrected chi connectivity index (χ4v) is 2.74. The highest BCUT2D eigenvalue weighted by Gasteiger charge is 2.25. The monoisotopic (exact) mass is 451 g/mol. The molecule has 0 spiro atoms. The lowest BCUT2D eigenvalue weighted by molar-refractivity contribution is -0.135. The maximum Gasteiger partial charge on any atom is 0.330 e. The normalized spacial score (nSPS) is 12.8. The van der Waals surface area contributed by atoms with E-state index in [1.165, 1.54) is 13.2 Å². The van der Waals surface area contributed by atoms with Crippen molar-refractivity contribution >= 4 is 51.0 Å². The Hall–Kier alpha value is -1.24. The third kappa shape index (κ3) is 6.88. The molecule has 0 fully saturated rings. The maximum absolute atomic E-state index is 12.5. The number of ether oxygens (including phenoxy) is 2. The fraction of sp³-hybridized carbons (Fsp3) is 0.412. The molecule has 0 bridgehead atoms. The molecule has 0 radical (unpaired) electrons. The molecule has 25 heavy (non-hydrogen) atoms. The van der Waals surface area contributed by atoms with Crippen LogP contribution in [0.4, 0.5) is 0 Å². The van der Waals surface area contributed by atoms with Crippen molar-refractivity contribution in [3.63, 3.8) is 0 Å². The van der Waals surface area contributed by atoms with Gasteiger partial charge in [-0.2, -0.15) is 0 Å². The minimum atomic E-state index is -0.750. The van der Waals surface area contributed by atoms with E-state index < -0.39 is 17.6 Å². The average molecular weight is 453 g/mol. The molecule has 1 aromatic carbocycles. The summed E-state index contributed by atoms with van der Waals surface area (Å²) in [5.41, 5.74) is -0.750. The van der Waals surface area contributed by atoms with Crippen molar-refractivity contribution < 1.29 is 19.1 Å². The number of halogens is 3. The third-order valence-corrected chi connectivity index (χ3v) is 4.84. The molecule has 0 aromatic heterocycles. The van der Waals surface area contributed by atoms with Gasteiger partial charge in [0.25, 0.3) is 5.91 Å². The second kappa shape index (κ2) is 9.46. The Balaban J connectivity index is 2.84. The minimum Gasteiger partial charge on any atom is -0.481 e. The lowest BCUT2D eigenvalue weighted by Gasteiger charge is -2.26. The molecule has 0 aliphatic carbocycles. The number of hydrogen-bond acceptors (Lipinski definition) is 4. The van der Waals surface area contributed by atoms with Crippen molar-refractivity contribution in [2.24, 2.45) is 0 Å². The number of amides is 1. The Morgan fingerprint density at radius 2 is 2.00 bits per heavy atom. The number of carbonyl (C=O) groups is 2. The summed E-state index contributed by atoms with van der Waals surface area (Å²) < 4.78 is 10.9. The van der Waals surface area contributed by atoms with E-state index in [0.717, 1.165) is 0 Å². The summed E-state index contributed by atoms with van der Waals surface area (Å²) in [5, 5.41) is 3.52. The predicted octanol–water partition coefficient (Wildman–Crippen LogP) is 4.54. The van der Waals surface area contributed by atoms with Crippen molar-refractivity contribution in [3.05, 3.63) is 38.8 Å². The first-order chi connectivity index (χ1) is 11.6. The van der Waals surface area contributed by atoms with Crippen molar-refractivity contribution in [1.82, 2.24) is 5.32 Å². The number of carbonyl (C=O) groups excluding carboxylic acids is 2. The van der Waals surface area contributed by atoms with Crippen molar-refractivity contribution in [1.29, 1.82) is 0 Å². The highest BCUT2D eigenvalue weighted by Crippen LogP contribution is 2.34. The van der Waals surface area contributed by atoms with Crippen LogP contribution in [0.15, 0.2) is 28.8 Å². The first kappa shape index (κ1) is 21.8. The van der Waals surface area contributed by atoms with Gasteiger partial charge < -0.3 is 14.8 Å². The summed E-state index contributed by atoms with van der Waals surface area (Å²) in [5.74, 6) is -0.387. The molecule has 0 saturated carbocycles. The summed E-state index contributed by atoms with van der Waals surface area (Å²) in [6, 6.07) is 3.19. The molecule has 0 saturated heterocycles. The predicted molar refractivity (Wildman–Crippen MR) is 102 cm³/mol. The highest BCUT2D eigenvalue weighted by atomic mass is 79.9. The molecule has 0 aliphatic rings. The van der Waals surface area contributed by atoms with Crippen molar-refractivity contribution in [2.45, 2.75) is 38.8 Å². The molecular weight excluding hydrogens is 433 g/mol. The van der Waals surface area contributed by atoms with E-state index in [1.807, 2.05) is 6.92 Å². The first-order valence-electron chi connectivity index (χ1n) is 7.50. The van der Waals surface area contributed by atoms with Crippen LogP contribution in [-0.2, 0) is 14.3 Å². The summed E-state index contributed by atoms with van der Waals surface area (Å²) in [4.78, 5) is 23.7. The number of benzene rings is 1. The van der Waals surface area contributed by atoms with Crippen LogP contribution >= 0.6 is 39.1 Å². The van der Waals surface area contributed by atoms with Gasteiger partial charge in [-0.1, -0.05) is 36.2 Å². The van der Waals surface area contributed by atoms with Crippen LogP contribution in [0.25, 0.3) is 0 Å². The summed E-state index contributed by atoms with van der Waals surface area (Å²) >= 11 is 15.3.